The summed E-state index contributed by atoms with van der Waals surface area (Å²) in [6, 6.07) is -0.0846. The van der Waals surface area contributed by atoms with E-state index in [4.69, 9.17) is 9.84 Å². The van der Waals surface area contributed by atoms with Gasteiger partial charge in [-0.1, -0.05) is 0 Å². The molecule has 0 heterocycles. The quantitative estimate of drug-likeness (QED) is 0.671. The third-order valence-corrected chi connectivity index (χ3v) is 3.29. The SMILES string of the molecule is COCCC1(C(=O)NC(C)CCC(=O)O)CC1. The van der Waals surface area contributed by atoms with Crippen molar-refractivity contribution in [1.29, 1.82) is 0 Å². The van der Waals surface area contributed by atoms with E-state index in [2.05, 4.69) is 5.32 Å². The lowest BCUT2D eigenvalue weighted by molar-refractivity contribution is -0.137. The fraction of sp³-hybridized carbons (Fsp3) is 0.833. The van der Waals surface area contributed by atoms with Gasteiger partial charge in [0, 0.05) is 26.2 Å². The van der Waals surface area contributed by atoms with Gasteiger partial charge in [0.05, 0.1) is 5.41 Å². The molecule has 1 atom stereocenters. The van der Waals surface area contributed by atoms with Crippen molar-refractivity contribution in [1.82, 2.24) is 5.32 Å². The lowest BCUT2D eigenvalue weighted by atomic mass is 10.0. The van der Waals surface area contributed by atoms with E-state index in [1.165, 1.54) is 0 Å². The first-order valence-electron chi connectivity index (χ1n) is 6.02. The average molecular weight is 243 g/mol. The standard InChI is InChI=1S/C12H21NO4/c1-9(3-4-10(14)15)13-11(16)12(5-6-12)7-8-17-2/h9H,3-8H2,1-2H3,(H,13,16)(H,14,15). The van der Waals surface area contributed by atoms with E-state index >= 15 is 0 Å². The van der Waals surface area contributed by atoms with Gasteiger partial charge in [0.1, 0.15) is 0 Å². The maximum Gasteiger partial charge on any atom is 0.303 e. The molecule has 0 aromatic carbocycles. The second-order valence-electron chi connectivity index (χ2n) is 4.83. The molecule has 1 rings (SSSR count). The van der Waals surface area contributed by atoms with Gasteiger partial charge < -0.3 is 15.2 Å². The molecule has 0 aliphatic heterocycles. The first-order valence-corrected chi connectivity index (χ1v) is 6.02. The van der Waals surface area contributed by atoms with E-state index in [1.54, 1.807) is 7.11 Å². The molecule has 0 aromatic heterocycles. The molecule has 0 saturated heterocycles. The smallest absolute Gasteiger partial charge is 0.303 e. The Morgan fingerprint density at radius 3 is 2.59 bits per heavy atom. The fourth-order valence-corrected chi connectivity index (χ4v) is 1.83. The van der Waals surface area contributed by atoms with E-state index in [1.807, 2.05) is 6.92 Å². The fourth-order valence-electron chi connectivity index (χ4n) is 1.83. The molecule has 1 saturated carbocycles. The number of hydrogen-bond donors (Lipinski definition) is 2. The summed E-state index contributed by atoms with van der Waals surface area (Å²) >= 11 is 0. The number of ether oxygens (including phenoxy) is 1. The van der Waals surface area contributed by atoms with Gasteiger partial charge in [-0.2, -0.15) is 0 Å². The summed E-state index contributed by atoms with van der Waals surface area (Å²) < 4.78 is 4.99. The number of methoxy groups -OCH3 is 1. The van der Waals surface area contributed by atoms with E-state index in [-0.39, 0.29) is 23.8 Å². The Morgan fingerprint density at radius 2 is 2.12 bits per heavy atom. The molecule has 17 heavy (non-hydrogen) atoms. The van der Waals surface area contributed by atoms with Crippen LogP contribution in [0.3, 0.4) is 0 Å². The third-order valence-electron chi connectivity index (χ3n) is 3.29. The Kier molecular flexibility index (Phi) is 4.93. The number of amides is 1. The second-order valence-corrected chi connectivity index (χ2v) is 4.83. The van der Waals surface area contributed by atoms with Gasteiger partial charge in [-0.3, -0.25) is 9.59 Å². The van der Waals surface area contributed by atoms with E-state index in [0.717, 1.165) is 19.3 Å². The molecule has 1 aliphatic carbocycles. The van der Waals surface area contributed by atoms with Gasteiger partial charge in [-0.25, -0.2) is 0 Å². The largest absolute Gasteiger partial charge is 0.481 e. The van der Waals surface area contributed by atoms with Crippen molar-refractivity contribution in [2.24, 2.45) is 5.41 Å². The topological polar surface area (TPSA) is 75.6 Å². The normalized spacial score (nSPS) is 18.5. The highest BCUT2D eigenvalue weighted by atomic mass is 16.5. The zero-order valence-corrected chi connectivity index (χ0v) is 10.5. The van der Waals surface area contributed by atoms with Crippen LogP contribution in [0.5, 0.6) is 0 Å². The van der Waals surface area contributed by atoms with Gasteiger partial charge in [-0.05, 0) is 32.6 Å². The van der Waals surface area contributed by atoms with Gasteiger partial charge in [-0.15, -0.1) is 0 Å². The highest BCUT2D eigenvalue weighted by molar-refractivity contribution is 5.85. The maximum atomic E-state index is 12.0. The van der Waals surface area contributed by atoms with Gasteiger partial charge in [0.25, 0.3) is 0 Å². The number of carbonyl (C=O) groups is 2. The zero-order chi connectivity index (χ0) is 12.9. The highest BCUT2D eigenvalue weighted by Gasteiger charge is 2.49. The molecule has 0 spiro atoms. The van der Waals surface area contributed by atoms with Crippen LogP contribution in [0.15, 0.2) is 0 Å². The monoisotopic (exact) mass is 243 g/mol. The van der Waals surface area contributed by atoms with Crippen molar-refractivity contribution < 1.29 is 19.4 Å². The molecule has 0 aromatic rings. The van der Waals surface area contributed by atoms with Crippen molar-refractivity contribution in [2.75, 3.05) is 13.7 Å². The highest BCUT2D eigenvalue weighted by Crippen LogP contribution is 2.49. The zero-order valence-electron chi connectivity index (χ0n) is 10.5. The minimum absolute atomic E-state index is 0.0486. The number of hydrogen-bond acceptors (Lipinski definition) is 3. The van der Waals surface area contributed by atoms with Crippen LogP contribution in [0.2, 0.25) is 0 Å². The van der Waals surface area contributed by atoms with Gasteiger partial charge in [0.2, 0.25) is 5.91 Å². The third kappa shape index (κ3) is 4.34. The van der Waals surface area contributed by atoms with E-state index in [9.17, 15) is 9.59 Å². The van der Waals surface area contributed by atoms with Crippen LogP contribution in [0.4, 0.5) is 0 Å². The Hall–Kier alpha value is -1.10. The maximum absolute atomic E-state index is 12.0. The summed E-state index contributed by atoms with van der Waals surface area (Å²) in [6.45, 7) is 2.43. The lowest BCUT2D eigenvalue weighted by Crippen LogP contribution is -2.39. The average Bonchev–Trinajstić information content (AvgIpc) is 3.04. The Bertz CT molecular complexity index is 286. The Labute approximate surface area is 102 Å². The number of nitrogens with one attached hydrogen (secondary N) is 1. The summed E-state index contributed by atoms with van der Waals surface area (Å²) in [6.07, 6.45) is 3.14. The number of carboxylic acids is 1. The summed E-state index contributed by atoms with van der Waals surface area (Å²) in [7, 11) is 1.63. The van der Waals surface area contributed by atoms with Crippen molar-refractivity contribution in [3.8, 4) is 0 Å². The molecule has 2 N–H and O–H groups in total. The second kappa shape index (κ2) is 6.00. The molecule has 0 bridgehead atoms. The Morgan fingerprint density at radius 1 is 1.47 bits per heavy atom. The molecule has 5 nitrogen and oxygen atoms in total. The van der Waals surface area contributed by atoms with Crippen LogP contribution < -0.4 is 5.32 Å². The van der Waals surface area contributed by atoms with E-state index < -0.39 is 5.97 Å². The van der Waals surface area contributed by atoms with Crippen molar-refractivity contribution in [2.45, 2.75) is 45.1 Å². The predicted octanol–water partition coefficient (Wildman–Crippen LogP) is 1.17. The minimum Gasteiger partial charge on any atom is -0.481 e. The molecule has 5 heteroatoms. The molecular weight excluding hydrogens is 222 g/mol. The molecule has 1 amide bonds. The van der Waals surface area contributed by atoms with Crippen LogP contribution in [-0.2, 0) is 14.3 Å². The summed E-state index contributed by atoms with van der Waals surface area (Å²) in [5.74, 6) is -0.779. The van der Waals surface area contributed by atoms with Crippen LogP contribution in [-0.4, -0.2) is 36.7 Å². The van der Waals surface area contributed by atoms with Crippen LogP contribution >= 0.6 is 0 Å². The molecule has 1 aliphatic rings. The van der Waals surface area contributed by atoms with Crippen molar-refractivity contribution in [3.63, 3.8) is 0 Å². The number of carbonyl (C=O) groups excluding carboxylic acids is 1. The number of aliphatic carboxylic acids is 1. The number of rotatable bonds is 8. The first kappa shape index (κ1) is 14.0. The predicted molar refractivity (Wildman–Crippen MR) is 62.6 cm³/mol. The summed E-state index contributed by atoms with van der Waals surface area (Å²) in [4.78, 5) is 22.4. The van der Waals surface area contributed by atoms with E-state index in [0.29, 0.717) is 13.0 Å². The summed E-state index contributed by atoms with van der Waals surface area (Å²) in [5, 5.41) is 11.4. The molecule has 0 radical (unpaired) electrons. The Balaban J connectivity index is 2.30. The van der Waals surface area contributed by atoms with Gasteiger partial charge in [0.15, 0.2) is 0 Å². The van der Waals surface area contributed by atoms with Crippen LogP contribution in [0.1, 0.15) is 39.0 Å². The molecular formula is C12H21NO4. The lowest BCUT2D eigenvalue weighted by Gasteiger charge is -2.18. The van der Waals surface area contributed by atoms with Crippen LogP contribution in [0, 0.1) is 5.41 Å². The minimum atomic E-state index is -0.827. The van der Waals surface area contributed by atoms with Crippen molar-refractivity contribution >= 4 is 11.9 Å². The van der Waals surface area contributed by atoms with Crippen molar-refractivity contribution in [3.05, 3.63) is 0 Å². The van der Waals surface area contributed by atoms with Gasteiger partial charge >= 0.3 is 5.97 Å². The first-order chi connectivity index (χ1) is 8.00. The van der Waals surface area contributed by atoms with Crippen LogP contribution in [0.25, 0.3) is 0 Å². The molecule has 1 fully saturated rings. The number of carboxylic acid groups (broad SMARTS) is 1. The summed E-state index contributed by atoms with van der Waals surface area (Å²) in [5.41, 5.74) is -0.243. The molecule has 1 unspecified atom stereocenters. The molecule has 98 valence electrons.